The van der Waals surface area contributed by atoms with Crippen molar-refractivity contribution in [1.82, 2.24) is 4.57 Å². The van der Waals surface area contributed by atoms with Gasteiger partial charge in [-0.15, -0.1) is 0 Å². The Bertz CT molecular complexity index is 1240. The van der Waals surface area contributed by atoms with Crippen molar-refractivity contribution in [3.8, 4) is 17.0 Å². The summed E-state index contributed by atoms with van der Waals surface area (Å²) < 4.78 is 51.5. The fourth-order valence-electron chi connectivity index (χ4n) is 3.75. The Hall–Kier alpha value is -2.43. The summed E-state index contributed by atoms with van der Waals surface area (Å²) in [6, 6.07) is 2.86. The molecule has 1 aliphatic carbocycles. The largest absolute Gasteiger partial charge is 0.492 e. The van der Waals surface area contributed by atoms with E-state index in [4.69, 9.17) is 21.1 Å². The van der Waals surface area contributed by atoms with Crippen LogP contribution in [-0.4, -0.2) is 50.6 Å². The minimum Gasteiger partial charge on any atom is -0.492 e. The van der Waals surface area contributed by atoms with E-state index in [0.29, 0.717) is 13.0 Å². The third kappa shape index (κ3) is 3.83. The zero-order valence-corrected chi connectivity index (χ0v) is 18.0. The van der Waals surface area contributed by atoms with E-state index in [1.165, 1.54) is 12.1 Å². The van der Waals surface area contributed by atoms with Crippen LogP contribution in [0.5, 0.6) is 5.75 Å². The number of benzene rings is 1. The summed E-state index contributed by atoms with van der Waals surface area (Å²) in [5.41, 5.74) is -1.05. The summed E-state index contributed by atoms with van der Waals surface area (Å²) in [5.74, 6) is -1.86. The smallest absolute Gasteiger partial charge is 0.341 e. The van der Waals surface area contributed by atoms with Crippen LogP contribution in [-0.2, 0) is 20.3 Å². The molecule has 1 aliphatic heterocycles. The number of methoxy groups -OCH3 is 1. The number of carbonyl (C=O) groups is 1. The fraction of sp³-hybridized carbons (Fsp3) is 0.400. The maximum absolute atomic E-state index is 13.9. The molecule has 0 spiro atoms. The number of alkyl halides is 1. The number of hydrogen-bond donors (Lipinski definition) is 1. The first-order valence-corrected chi connectivity index (χ1v) is 11.5. The van der Waals surface area contributed by atoms with Crippen molar-refractivity contribution in [1.29, 1.82) is 0 Å². The summed E-state index contributed by atoms with van der Waals surface area (Å²) in [6.07, 6.45) is -0.700. The summed E-state index contributed by atoms with van der Waals surface area (Å²) in [4.78, 5) is 24.3. The molecule has 2 aromatic rings. The number of aromatic nitrogens is 1. The first-order valence-electron chi connectivity index (χ1n) is 9.50. The molecule has 2 unspecified atom stereocenters. The molecule has 166 valence electrons. The van der Waals surface area contributed by atoms with Gasteiger partial charge < -0.3 is 19.1 Å². The standard InChI is InChI=1S/C20H19ClFNO7S/c1-29-3-2-4-30-16-8-17-11(6-13(16)21)18-10(9-31(17,27)28)5-12(20(25)26)19(24)23(18)15-7-14(15)22/h5-6,8,14-15H,2-4,7,9H2,1H3,(H,25,26). The number of hydrogen-bond acceptors (Lipinski definition) is 6. The molecule has 1 aromatic carbocycles. The van der Waals surface area contributed by atoms with Gasteiger partial charge in [0.1, 0.15) is 17.5 Å². The van der Waals surface area contributed by atoms with Crippen LogP contribution >= 0.6 is 11.6 Å². The van der Waals surface area contributed by atoms with Gasteiger partial charge in [-0.2, -0.15) is 0 Å². The molecule has 11 heteroatoms. The second-order valence-corrected chi connectivity index (χ2v) is 9.83. The highest BCUT2D eigenvalue weighted by atomic mass is 35.5. The molecule has 0 radical (unpaired) electrons. The Labute approximate surface area is 182 Å². The van der Waals surface area contributed by atoms with Crippen molar-refractivity contribution < 1.29 is 32.2 Å². The fourth-order valence-corrected chi connectivity index (χ4v) is 5.53. The lowest BCUT2D eigenvalue weighted by Gasteiger charge is -2.25. The van der Waals surface area contributed by atoms with E-state index in [1.54, 1.807) is 7.11 Å². The maximum atomic E-state index is 13.9. The topological polar surface area (TPSA) is 112 Å². The van der Waals surface area contributed by atoms with Crippen molar-refractivity contribution in [3.63, 3.8) is 0 Å². The lowest BCUT2D eigenvalue weighted by molar-refractivity contribution is 0.0694. The Morgan fingerprint density at radius 3 is 2.65 bits per heavy atom. The van der Waals surface area contributed by atoms with E-state index in [1.807, 2.05) is 0 Å². The molecule has 2 heterocycles. The van der Waals surface area contributed by atoms with Gasteiger partial charge in [0.15, 0.2) is 9.84 Å². The molecule has 0 saturated heterocycles. The number of halogens is 2. The van der Waals surface area contributed by atoms with Gasteiger partial charge in [0.05, 0.1) is 34.0 Å². The van der Waals surface area contributed by atoms with E-state index in [0.717, 1.165) is 10.6 Å². The molecule has 8 nitrogen and oxygen atoms in total. The van der Waals surface area contributed by atoms with E-state index in [9.17, 15) is 27.5 Å². The number of fused-ring (bicyclic) bond motifs is 3. The van der Waals surface area contributed by atoms with Gasteiger partial charge in [-0.3, -0.25) is 4.79 Å². The Balaban J connectivity index is 1.91. The first kappa shape index (κ1) is 21.8. The van der Waals surface area contributed by atoms with Crippen molar-refractivity contribution in [2.45, 2.75) is 35.7 Å². The highest BCUT2D eigenvalue weighted by molar-refractivity contribution is 7.90. The molecule has 2 atom stereocenters. The van der Waals surface area contributed by atoms with Crippen LogP contribution in [0.25, 0.3) is 11.3 Å². The Kier molecular flexibility index (Phi) is 5.57. The van der Waals surface area contributed by atoms with Crippen LogP contribution in [0, 0.1) is 0 Å². The summed E-state index contributed by atoms with van der Waals surface area (Å²) >= 11 is 6.32. The molecule has 2 aliphatic rings. The van der Waals surface area contributed by atoms with Gasteiger partial charge in [-0.25, -0.2) is 17.6 Å². The minimum atomic E-state index is -3.89. The van der Waals surface area contributed by atoms with Crippen LogP contribution in [0.15, 0.2) is 27.9 Å². The quantitative estimate of drug-likeness (QED) is 0.618. The van der Waals surface area contributed by atoms with E-state index in [-0.39, 0.29) is 45.5 Å². The second kappa shape index (κ2) is 7.92. The molecule has 31 heavy (non-hydrogen) atoms. The van der Waals surface area contributed by atoms with Crippen LogP contribution in [0.3, 0.4) is 0 Å². The van der Waals surface area contributed by atoms with Crippen LogP contribution in [0.1, 0.15) is 34.8 Å². The number of rotatable bonds is 7. The van der Waals surface area contributed by atoms with Crippen molar-refractivity contribution in [3.05, 3.63) is 44.7 Å². The Morgan fingerprint density at radius 1 is 1.32 bits per heavy atom. The van der Waals surface area contributed by atoms with Crippen LogP contribution in [0.4, 0.5) is 4.39 Å². The maximum Gasteiger partial charge on any atom is 0.341 e. The number of carboxylic acids is 1. The van der Waals surface area contributed by atoms with E-state index >= 15 is 0 Å². The number of ether oxygens (including phenoxy) is 2. The molecular formula is C20H19ClFNO7S. The second-order valence-electron chi connectivity index (χ2n) is 7.46. The number of sulfone groups is 1. The number of carboxylic acid groups (broad SMARTS) is 1. The van der Waals surface area contributed by atoms with Gasteiger partial charge in [0, 0.05) is 38.2 Å². The highest BCUT2D eigenvalue weighted by Gasteiger charge is 2.44. The Morgan fingerprint density at radius 2 is 2.03 bits per heavy atom. The highest BCUT2D eigenvalue weighted by Crippen LogP contribution is 2.47. The average Bonchev–Trinajstić information content (AvgIpc) is 3.41. The lowest BCUT2D eigenvalue weighted by atomic mass is 10.0. The van der Waals surface area contributed by atoms with Crippen LogP contribution < -0.4 is 10.3 Å². The molecule has 0 amide bonds. The molecule has 1 N–H and O–H groups in total. The predicted molar refractivity (Wildman–Crippen MR) is 110 cm³/mol. The van der Waals surface area contributed by atoms with Crippen molar-refractivity contribution in [2.75, 3.05) is 20.3 Å². The third-order valence-electron chi connectivity index (χ3n) is 5.28. The van der Waals surface area contributed by atoms with Gasteiger partial charge >= 0.3 is 5.97 Å². The van der Waals surface area contributed by atoms with E-state index in [2.05, 4.69) is 0 Å². The van der Waals surface area contributed by atoms with E-state index < -0.39 is 44.9 Å². The van der Waals surface area contributed by atoms with Gasteiger partial charge in [0.2, 0.25) is 0 Å². The molecule has 1 aromatic heterocycles. The monoisotopic (exact) mass is 471 g/mol. The molecule has 1 saturated carbocycles. The van der Waals surface area contributed by atoms with Gasteiger partial charge in [-0.05, 0) is 17.7 Å². The molecule has 1 fully saturated rings. The number of nitrogens with zero attached hydrogens (tertiary/aromatic N) is 1. The van der Waals surface area contributed by atoms with Gasteiger partial charge in [0.25, 0.3) is 5.56 Å². The zero-order valence-electron chi connectivity index (χ0n) is 16.4. The molecule has 0 bridgehead atoms. The lowest BCUT2D eigenvalue weighted by Crippen LogP contribution is -2.31. The van der Waals surface area contributed by atoms with Crippen LogP contribution in [0.2, 0.25) is 5.02 Å². The third-order valence-corrected chi connectivity index (χ3v) is 7.27. The number of aromatic carboxylic acids is 1. The molecular weight excluding hydrogens is 453 g/mol. The van der Waals surface area contributed by atoms with Crippen molar-refractivity contribution in [2.24, 2.45) is 0 Å². The zero-order chi connectivity index (χ0) is 22.5. The summed E-state index contributed by atoms with van der Waals surface area (Å²) in [6.45, 7) is 0.708. The molecule has 4 rings (SSSR count). The first-order chi connectivity index (χ1) is 14.7. The summed E-state index contributed by atoms with van der Waals surface area (Å²) in [7, 11) is -2.34. The predicted octanol–water partition coefficient (Wildman–Crippen LogP) is 2.85. The SMILES string of the molecule is COCCCOc1cc2c(cc1Cl)-c1c(cc(C(=O)O)c(=O)n1C1CC1F)CS2(=O)=O. The van der Waals surface area contributed by atoms with Crippen molar-refractivity contribution >= 4 is 27.4 Å². The number of pyridine rings is 1. The minimum absolute atomic E-state index is 0.0475. The summed E-state index contributed by atoms with van der Waals surface area (Å²) in [5, 5.41) is 9.50. The van der Waals surface area contributed by atoms with Gasteiger partial charge in [-0.1, -0.05) is 11.6 Å². The average molecular weight is 472 g/mol. The normalized spacial score (nSPS) is 20.6.